The van der Waals surface area contributed by atoms with Crippen molar-refractivity contribution in [2.75, 3.05) is 20.3 Å². The van der Waals surface area contributed by atoms with Crippen molar-refractivity contribution in [3.63, 3.8) is 0 Å². The van der Waals surface area contributed by atoms with Gasteiger partial charge in [-0.2, -0.15) is 5.06 Å². The Morgan fingerprint density at radius 2 is 1.95 bits per heavy atom. The van der Waals surface area contributed by atoms with Crippen molar-refractivity contribution in [1.29, 1.82) is 0 Å². The predicted octanol–water partition coefficient (Wildman–Crippen LogP) is 3.87. The average molecular weight is 335 g/mol. The van der Waals surface area contributed by atoms with E-state index in [1.807, 2.05) is 0 Å². The van der Waals surface area contributed by atoms with Crippen LogP contribution in [-0.2, 0) is 18.5 Å². The molecule has 5 nitrogen and oxygen atoms in total. The number of hydrogen-bond acceptors (Lipinski definition) is 5. The maximum atomic E-state index is 13.9. The molecule has 0 saturated carbocycles. The maximum Gasteiger partial charge on any atom is 0.350 e. The molecule has 0 bridgehead atoms. The van der Waals surface area contributed by atoms with Gasteiger partial charge in [-0.05, 0) is 19.9 Å². The highest BCUT2D eigenvalue weighted by Gasteiger charge is 2.46. The molecule has 1 aliphatic rings. The van der Waals surface area contributed by atoms with Crippen molar-refractivity contribution in [2.24, 2.45) is 0 Å². The molecule has 0 aromatic heterocycles. The summed E-state index contributed by atoms with van der Waals surface area (Å²) < 4.78 is 50.3. The number of hydroxylamine groups is 2. The fourth-order valence-electron chi connectivity index (χ4n) is 2.50. The van der Waals surface area contributed by atoms with Crippen LogP contribution in [0.3, 0.4) is 0 Å². The molecule has 0 N–H and O–H groups in total. The van der Waals surface area contributed by atoms with Crippen LogP contribution < -0.4 is 0 Å². The first kappa shape index (κ1) is 17.5. The average Bonchev–Trinajstić information content (AvgIpc) is 2.82. The summed E-state index contributed by atoms with van der Waals surface area (Å²) in [5.41, 5.74) is 0.218. The summed E-state index contributed by atoms with van der Waals surface area (Å²) in [6.45, 7) is 3.91. The molecule has 22 heavy (non-hydrogen) atoms. The fourth-order valence-corrected chi connectivity index (χ4v) is 4.54. The van der Waals surface area contributed by atoms with Gasteiger partial charge in [0, 0.05) is 25.1 Å². The molecule has 0 aliphatic carbocycles. The zero-order chi connectivity index (χ0) is 16.3. The fraction of sp³-hybridized carbons (Fsp3) is 0.571. The van der Waals surface area contributed by atoms with Gasteiger partial charge in [-0.3, -0.25) is 9.40 Å². The first-order valence-electron chi connectivity index (χ1n) is 7.14. The van der Waals surface area contributed by atoms with Crippen LogP contribution in [0.15, 0.2) is 18.2 Å². The second-order valence-electron chi connectivity index (χ2n) is 4.90. The van der Waals surface area contributed by atoms with Crippen LogP contribution >= 0.6 is 7.60 Å². The number of rotatable bonds is 6. The van der Waals surface area contributed by atoms with Gasteiger partial charge >= 0.3 is 7.60 Å². The van der Waals surface area contributed by atoms with E-state index in [2.05, 4.69) is 0 Å². The Bertz CT molecular complexity index is 562. The van der Waals surface area contributed by atoms with Crippen LogP contribution in [0.25, 0.3) is 0 Å². The third-order valence-corrected chi connectivity index (χ3v) is 5.93. The molecule has 1 aromatic carbocycles. The van der Waals surface area contributed by atoms with Crippen LogP contribution in [0.1, 0.15) is 31.9 Å². The highest BCUT2D eigenvalue weighted by Crippen LogP contribution is 2.59. The normalized spacial score (nSPS) is 23.1. The van der Waals surface area contributed by atoms with Crippen molar-refractivity contribution < 1.29 is 27.2 Å². The minimum absolute atomic E-state index is 0.218. The Balaban J connectivity index is 2.22. The van der Waals surface area contributed by atoms with Gasteiger partial charge in [0.1, 0.15) is 23.5 Å². The summed E-state index contributed by atoms with van der Waals surface area (Å²) >= 11 is 0. The topological polar surface area (TPSA) is 48.0 Å². The Morgan fingerprint density at radius 1 is 1.32 bits per heavy atom. The summed E-state index contributed by atoms with van der Waals surface area (Å²) in [6.07, 6.45) is -0.430. The molecule has 1 saturated heterocycles. The quantitative estimate of drug-likeness (QED) is 0.739. The van der Waals surface area contributed by atoms with E-state index in [4.69, 9.17) is 13.9 Å². The molecule has 2 rings (SSSR count). The zero-order valence-electron chi connectivity index (χ0n) is 12.8. The van der Waals surface area contributed by atoms with Crippen LogP contribution in [0.2, 0.25) is 0 Å². The Morgan fingerprint density at radius 3 is 2.50 bits per heavy atom. The van der Waals surface area contributed by atoms with Gasteiger partial charge in [0.2, 0.25) is 0 Å². The lowest BCUT2D eigenvalue weighted by molar-refractivity contribution is -0.137. The van der Waals surface area contributed by atoms with Crippen LogP contribution in [-0.4, -0.2) is 31.1 Å². The molecule has 0 spiro atoms. The van der Waals surface area contributed by atoms with E-state index in [0.29, 0.717) is 0 Å². The van der Waals surface area contributed by atoms with Crippen LogP contribution in [0.4, 0.5) is 8.78 Å². The monoisotopic (exact) mass is 335 g/mol. The summed E-state index contributed by atoms with van der Waals surface area (Å²) in [6, 6.07) is 3.30. The Kier molecular flexibility index (Phi) is 5.69. The van der Waals surface area contributed by atoms with Crippen LogP contribution in [0.5, 0.6) is 0 Å². The van der Waals surface area contributed by atoms with E-state index >= 15 is 0 Å². The first-order valence-corrected chi connectivity index (χ1v) is 8.75. The van der Waals surface area contributed by atoms with Gasteiger partial charge in [-0.25, -0.2) is 8.78 Å². The summed E-state index contributed by atoms with van der Waals surface area (Å²) in [5, 5.41) is 1.37. The molecule has 1 aromatic rings. The number of halogens is 2. The third-order valence-electron chi connectivity index (χ3n) is 3.43. The zero-order valence-corrected chi connectivity index (χ0v) is 13.7. The maximum absolute atomic E-state index is 13.9. The molecule has 124 valence electrons. The standard InChI is InChI=1S/C14H20F2NO4P/c1-4-19-22(18,20-5-2)14-9-13(21-17(14)3)11-7-6-10(15)8-12(11)16/h6-8,13-14H,4-5,9H2,1-3H3/t13-,14+/m1/s1. The lowest BCUT2D eigenvalue weighted by atomic mass is 10.1. The second-order valence-corrected chi connectivity index (χ2v) is 7.09. The van der Waals surface area contributed by atoms with E-state index < -0.39 is 31.1 Å². The molecular weight excluding hydrogens is 315 g/mol. The third kappa shape index (κ3) is 3.55. The molecule has 1 heterocycles. The Labute approximate surface area is 128 Å². The van der Waals surface area contributed by atoms with Crippen molar-refractivity contribution in [2.45, 2.75) is 32.2 Å². The van der Waals surface area contributed by atoms with Gasteiger partial charge in [0.15, 0.2) is 0 Å². The van der Waals surface area contributed by atoms with Gasteiger partial charge in [-0.1, -0.05) is 6.07 Å². The van der Waals surface area contributed by atoms with Gasteiger partial charge in [0.25, 0.3) is 0 Å². The summed E-state index contributed by atoms with van der Waals surface area (Å²) in [7, 11) is -1.81. The molecule has 2 atom stereocenters. The van der Waals surface area contributed by atoms with E-state index in [-0.39, 0.29) is 25.2 Å². The summed E-state index contributed by atoms with van der Waals surface area (Å²) in [5.74, 6) is -1.98. The number of nitrogens with zero attached hydrogens (tertiary/aromatic N) is 1. The minimum atomic E-state index is -3.40. The second kappa shape index (κ2) is 7.15. The minimum Gasteiger partial charge on any atom is -0.308 e. The van der Waals surface area contributed by atoms with Gasteiger partial charge < -0.3 is 9.05 Å². The SMILES string of the molecule is CCOP(=O)(OCC)[C@H]1C[C@H](c2ccc(F)cc2F)ON1C. The van der Waals surface area contributed by atoms with E-state index in [9.17, 15) is 13.3 Å². The molecule has 1 fully saturated rings. The van der Waals surface area contributed by atoms with E-state index in [0.717, 1.165) is 6.07 Å². The molecule has 0 radical (unpaired) electrons. The molecule has 0 amide bonds. The molecule has 8 heteroatoms. The highest BCUT2D eigenvalue weighted by atomic mass is 31.2. The molecular formula is C14H20F2NO4P. The Hall–Kier alpha value is -0.850. The molecule has 0 unspecified atom stereocenters. The largest absolute Gasteiger partial charge is 0.350 e. The lowest BCUT2D eigenvalue weighted by Gasteiger charge is -2.25. The van der Waals surface area contributed by atoms with Crippen molar-refractivity contribution >= 4 is 7.60 Å². The highest BCUT2D eigenvalue weighted by molar-refractivity contribution is 7.54. The summed E-state index contributed by atoms with van der Waals surface area (Å²) in [4.78, 5) is 5.56. The number of hydrogen-bond donors (Lipinski definition) is 0. The van der Waals surface area contributed by atoms with E-state index in [1.54, 1.807) is 20.9 Å². The van der Waals surface area contributed by atoms with Gasteiger partial charge in [0.05, 0.1) is 13.2 Å². The van der Waals surface area contributed by atoms with Crippen LogP contribution in [0, 0.1) is 11.6 Å². The first-order chi connectivity index (χ1) is 10.4. The predicted molar refractivity (Wildman–Crippen MR) is 77.2 cm³/mol. The van der Waals surface area contributed by atoms with Crippen molar-refractivity contribution in [3.05, 3.63) is 35.4 Å². The van der Waals surface area contributed by atoms with Crippen molar-refractivity contribution in [1.82, 2.24) is 5.06 Å². The van der Waals surface area contributed by atoms with Gasteiger partial charge in [-0.15, -0.1) is 0 Å². The number of benzene rings is 1. The smallest absolute Gasteiger partial charge is 0.308 e. The van der Waals surface area contributed by atoms with E-state index in [1.165, 1.54) is 17.2 Å². The molecule has 1 aliphatic heterocycles. The lowest BCUT2D eigenvalue weighted by Crippen LogP contribution is -2.25. The van der Waals surface area contributed by atoms with Crippen molar-refractivity contribution in [3.8, 4) is 0 Å².